The zero-order valence-corrected chi connectivity index (χ0v) is 12.7. The van der Waals surface area contributed by atoms with Crippen LogP contribution >= 0.6 is 0 Å². The van der Waals surface area contributed by atoms with E-state index in [0.29, 0.717) is 0 Å². The van der Waals surface area contributed by atoms with Crippen LogP contribution < -0.4 is 14.8 Å². The summed E-state index contributed by atoms with van der Waals surface area (Å²) in [6.45, 7) is 3.74. The van der Waals surface area contributed by atoms with Gasteiger partial charge < -0.3 is 14.8 Å². The molecule has 2 rings (SSSR count). The van der Waals surface area contributed by atoms with Gasteiger partial charge in [-0.05, 0) is 44.9 Å². The highest BCUT2D eigenvalue weighted by atomic mass is 16.5. The summed E-state index contributed by atoms with van der Waals surface area (Å²) in [5.41, 5.74) is 0. The van der Waals surface area contributed by atoms with Gasteiger partial charge in [0.05, 0.1) is 6.61 Å². The predicted molar refractivity (Wildman–Crippen MR) is 82.5 cm³/mol. The molecule has 3 heteroatoms. The summed E-state index contributed by atoms with van der Waals surface area (Å²) in [4.78, 5) is 0. The monoisotopic (exact) mass is 277 g/mol. The third-order valence-electron chi connectivity index (χ3n) is 3.84. The highest BCUT2D eigenvalue weighted by Crippen LogP contribution is 2.26. The average Bonchev–Trinajstić information content (AvgIpc) is 2.47. The van der Waals surface area contributed by atoms with E-state index >= 15 is 0 Å². The molecule has 1 N–H and O–H groups in total. The summed E-state index contributed by atoms with van der Waals surface area (Å²) in [5.74, 6) is 2.54. The molecule has 0 heterocycles. The van der Waals surface area contributed by atoms with Gasteiger partial charge in [-0.1, -0.05) is 25.3 Å². The van der Waals surface area contributed by atoms with Crippen LogP contribution in [0.5, 0.6) is 11.5 Å². The van der Waals surface area contributed by atoms with Crippen LogP contribution in [-0.2, 0) is 0 Å². The van der Waals surface area contributed by atoms with E-state index in [4.69, 9.17) is 9.47 Å². The number of rotatable bonds is 7. The zero-order chi connectivity index (χ0) is 14.2. The molecule has 0 amide bonds. The maximum atomic E-state index is 5.93. The first-order valence-corrected chi connectivity index (χ1v) is 7.82. The van der Waals surface area contributed by atoms with Gasteiger partial charge in [0, 0.05) is 12.6 Å². The topological polar surface area (TPSA) is 30.5 Å². The summed E-state index contributed by atoms with van der Waals surface area (Å²) < 4.78 is 11.8. The molecule has 0 aliphatic heterocycles. The largest absolute Gasteiger partial charge is 0.493 e. The fraction of sp³-hybridized carbons (Fsp3) is 0.647. The molecule has 1 fully saturated rings. The highest BCUT2D eigenvalue weighted by molar-refractivity contribution is 5.33. The number of hydrogen-bond donors (Lipinski definition) is 1. The molecule has 1 saturated carbocycles. The fourth-order valence-corrected chi connectivity index (χ4v) is 2.77. The molecular formula is C17H27NO2. The summed E-state index contributed by atoms with van der Waals surface area (Å²) in [7, 11) is 1.93. The molecular weight excluding hydrogens is 250 g/mol. The van der Waals surface area contributed by atoms with Gasteiger partial charge in [0.15, 0.2) is 0 Å². The Morgan fingerprint density at radius 1 is 1.20 bits per heavy atom. The zero-order valence-electron chi connectivity index (χ0n) is 12.7. The van der Waals surface area contributed by atoms with Crippen molar-refractivity contribution in [3.63, 3.8) is 0 Å². The maximum Gasteiger partial charge on any atom is 0.123 e. The molecule has 20 heavy (non-hydrogen) atoms. The van der Waals surface area contributed by atoms with E-state index < -0.39 is 0 Å². The van der Waals surface area contributed by atoms with Crippen LogP contribution in [0.1, 0.15) is 39.0 Å². The Bertz CT molecular complexity index is 388. The lowest BCUT2D eigenvalue weighted by atomic mass is 9.90. The molecule has 1 aromatic rings. The molecule has 0 bridgehead atoms. The van der Waals surface area contributed by atoms with E-state index in [0.717, 1.165) is 30.6 Å². The second-order valence-corrected chi connectivity index (χ2v) is 5.78. The fourth-order valence-electron chi connectivity index (χ4n) is 2.77. The van der Waals surface area contributed by atoms with Crippen molar-refractivity contribution in [1.82, 2.24) is 5.32 Å². The molecule has 0 unspecified atom stereocenters. The van der Waals surface area contributed by atoms with Gasteiger partial charge in [-0.2, -0.15) is 0 Å². The van der Waals surface area contributed by atoms with Crippen LogP contribution in [0.3, 0.4) is 0 Å². The molecule has 1 aromatic carbocycles. The number of likely N-dealkylation sites (N-methyl/N-ethyl adjacent to an activating group) is 1. The molecule has 1 aliphatic carbocycles. The minimum absolute atomic E-state index is 0.161. The van der Waals surface area contributed by atoms with Gasteiger partial charge in [0.1, 0.15) is 17.6 Å². The summed E-state index contributed by atoms with van der Waals surface area (Å²) in [6, 6.07) is 7.99. The standard InChI is InChI=1S/C17H27NO2/c1-14(12-18-2)20-17-10-6-9-16(11-17)19-13-15-7-4-3-5-8-15/h6,9-11,14-15,18H,3-5,7-8,12-13H2,1-2H3/t14-/m0/s1. The van der Waals surface area contributed by atoms with Gasteiger partial charge in [-0.3, -0.25) is 0 Å². The molecule has 1 atom stereocenters. The van der Waals surface area contributed by atoms with Gasteiger partial charge in [0.25, 0.3) is 0 Å². The maximum absolute atomic E-state index is 5.93. The third-order valence-corrected chi connectivity index (χ3v) is 3.84. The molecule has 0 saturated heterocycles. The SMILES string of the molecule is CNC[C@H](C)Oc1cccc(OCC2CCCCC2)c1. The second kappa shape index (κ2) is 8.15. The lowest BCUT2D eigenvalue weighted by Gasteiger charge is -2.22. The number of hydrogen-bond acceptors (Lipinski definition) is 3. The van der Waals surface area contributed by atoms with Crippen molar-refractivity contribution in [2.75, 3.05) is 20.2 Å². The van der Waals surface area contributed by atoms with E-state index in [1.54, 1.807) is 0 Å². The Kier molecular flexibility index (Phi) is 6.19. The van der Waals surface area contributed by atoms with Crippen LogP contribution in [0.15, 0.2) is 24.3 Å². The Morgan fingerprint density at radius 3 is 2.70 bits per heavy atom. The average molecular weight is 277 g/mol. The van der Waals surface area contributed by atoms with Crippen LogP contribution in [0, 0.1) is 5.92 Å². The third kappa shape index (κ3) is 5.04. The smallest absolute Gasteiger partial charge is 0.123 e. The van der Waals surface area contributed by atoms with Crippen molar-refractivity contribution < 1.29 is 9.47 Å². The molecule has 0 spiro atoms. The minimum atomic E-state index is 0.161. The Labute approximate surface area is 122 Å². The minimum Gasteiger partial charge on any atom is -0.493 e. The first kappa shape index (κ1) is 15.2. The number of benzene rings is 1. The van der Waals surface area contributed by atoms with Crippen LogP contribution in [0.25, 0.3) is 0 Å². The Hall–Kier alpha value is -1.22. The quantitative estimate of drug-likeness (QED) is 0.825. The molecule has 0 aromatic heterocycles. The predicted octanol–water partition coefficient (Wildman–Crippen LogP) is 3.63. The van der Waals surface area contributed by atoms with Crippen molar-refractivity contribution >= 4 is 0 Å². The van der Waals surface area contributed by atoms with E-state index in [1.807, 2.05) is 31.3 Å². The van der Waals surface area contributed by atoms with Gasteiger partial charge >= 0.3 is 0 Å². The molecule has 0 radical (unpaired) electrons. The summed E-state index contributed by atoms with van der Waals surface area (Å²) in [6.07, 6.45) is 6.90. The first-order valence-electron chi connectivity index (χ1n) is 7.82. The number of nitrogens with one attached hydrogen (secondary N) is 1. The van der Waals surface area contributed by atoms with Gasteiger partial charge in [0.2, 0.25) is 0 Å². The van der Waals surface area contributed by atoms with E-state index in [-0.39, 0.29) is 6.10 Å². The Balaban J connectivity index is 1.82. The normalized spacial score (nSPS) is 17.7. The lowest BCUT2D eigenvalue weighted by Crippen LogP contribution is -2.26. The molecule has 1 aliphatic rings. The lowest BCUT2D eigenvalue weighted by molar-refractivity contribution is 0.203. The van der Waals surface area contributed by atoms with Crippen molar-refractivity contribution in [2.45, 2.75) is 45.1 Å². The van der Waals surface area contributed by atoms with Crippen molar-refractivity contribution in [1.29, 1.82) is 0 Å². The first-order chi connectivity index (χ1) is 9.78. The summed E-state index contributed by atoms with van der Waals surface area (Å²) >= 11 is 0. The Morgan fingerprint density at radius 2 is 1.95 bits per heavy atom. The number of ether oxygens (including phenoxy) is 2. The van der Waals surface area contributed by atoms with Gasteiger partial charge in [-0.25, -0.2) is 0 Å². The van der Waals surface area contributed by atoms with Crippen molar-refractivity contribution in [2.24, 2.45) is 5.92 Å². The van der Waals surface area contributed by atoms with Gasteiger partial charge in [-0.15, -0.1) is 0 Å². The van der Waals surface area contributed by atoms with E-state index in [1.165, 1.54) is 32.1 Å². The van der Waals surface area contributed by atoms with Crippen LogP contribution in [-0.4, -0.2) is 26.3 Å². The van der Waals surface area contributed by atoms with Crippen molar-refractivity contribution in [3.8, 4) is 11.5 Å². The summed E-state index contributed by atoms with van der Waals surface area (Å²) in [5, 5.41) is 3.11. The van der Waals surface area contributed by atoms with Crippen molar-refractivity contribution in [3.05, 3.63) is 24.3 Å². The van der Waals surface area contributed by atoms with Crippen LogP contribution in [0.2, 0.25) is 0 Å². The molecule has 3 nitrogen and oxygen atoms in total. The molecule has 112 valence electrons. The van der Waals surface area contributed by atoms with E-state index in [2.05, 4.69) is 12.2 Å². The van der Waals surface area contributed by atoms with Crippen LogP contribution in [0.4, 0.5) is 0 Å². The second-order valence-electron chi connectivity index (χ2n) is 5.78. The van der Waals surface area contributed by atoms with E-state index in [9.17, 15) is 0 Å². The highest BCUT2D eigenvalue weighted by Gasteiger charge is 2.14.